The Labute approximate surface area is 155 Å². The molecule has 138 valence electrons. The Morgan fingerprint density at radius 2 is 2.16 bits per heavy atom. The zero-order valence-corrected chi connectivity index (χ0v) is 16.0. The number of aryl methyl sites for hydroxylation is 3. The van der Waals surface area contributed by atoms with Gasteiger partial charge in [0.25, 0.3) is 0 Å². The number of halogens is 1. The third-order valence-corrected chi connectivity index (χ3v) is 4.65. The number of rotatable bonds is 6. The van der Waals surface area contributed by atoms with Crippen LogP contribution in [0.2, 0.25) is 0 Å². The monoisotopic (exact) mass is 365 g/mol. The smallest absolute Gasteiger partial charge is 0.119 e. The average molecular weight is 366 g/mol. The highest BCUT2D eigenvalue weighted by Crippen LogP contribution is 2.25. The van der Waals surface area contributed by atoms with Gasteiger partial charge in [0.2, 0.25) is 0 Å². The van der Waals surface area contributed by atoms with Gasteiger partial charge in [-0.25, -0.2) is 4.98 Å². The highest BCUT2D eigenvalue weighted by Gasteiger charge is 2.37. The number of ether oxygens (including phenoxy) is 1. The van der Waals surface area contributed by atoms with Gasteiger partial charge in [-0.15, -0.1) is 12.4 Å². The number of hydrogen-bond acceptors (Lipinski definition) is 4. The lowest BCUT2D eigenvalue weighted by Gasteiger charge is -2.23. The van der Waals surface area contributed by atoms with E-state index in [2.05, 4.69) is 28.7 Å². The highest BCUT2D eigenvalue weighted by molar-refractivity contribution is 5.85. The summed E-state index contributed by atoms with van der Waals surface area (Å²) in [5.74, 6) is 1.84. The van der Waals surface area contributed by atoms with E-state index in [1.54, 1.807) is 0 Å². The number of aromatic nitrogens is 2. The molecule has 1 aromatic heterocycles. The van der Waals surface area contributed by atoms with Gasteiger partial charge in [-0.05, 0) is 38.0 Å². The zero-order valence-electron chi connectivity index (χ0n) is 15.2. The van der Waals surface area contributed by atoms with Crippen LogP contribution in [0.25, 0.3) is 0 Å². The fourth-order valence-electron chi connectivity index (χ4n) is 3.21. The van der Waals surface area contributed by atoms with Gasteiger partial charge in [0.05, 0.1) is 5.69 Å². The van der Waals surface area contributed by atoms with E-state index >= 15 is 0 Å². The fraction of sp³-hybridized carbons (Fsp3) is 0.526. The second-order valence-corrected chi connectivity index (χ2v) is 6.90. The summed E-state index contributed by atoms with van der Waals surface area (Å²) < 4.78 is 5.82. The Kier molecular flexibility index (Phi) is 6.49. The van der Waals surface area contributed by atoms with Crippen LogP contribution in [0.4, 0.5) is 0 Å². The van der Waals surface area contributed by atoms with Crippen LogP contribution in [0.15, 0.2) is 24.3 Å². The quantitative estimate of drug-likeness (QED) is 0.826. The summed E-state index contributed by atoms with van der Waals surface area (Å²) in [6, 6.07) is 7.94. The van der Waals surface area contributed by atoms with E-state index in [1.807, 2.05) is 31.2 Å². The summed E-state index contributed by atoms with van der Waals surface area (Å²) in [6.07, 6.45) is 1.64. The number of imidazole rings is 1. The predicted octanol–water partition coefficient (Wildman–Crippen LogP) is 3.03. The summed E-state index contributed by atoms with van der Waals surface area (Å²) in [4.78, 5) is 10.2. The molecule has 25 heavy (non-hydrogen) atoms. The topological polar surface area (TPSA) is 61.4 Å². The van der Waals surface area contributed by atoms with E-state index in [0.29, 0.717) is 13.2 Å². The van der Waals surface area contributed by atoms with Crippen LogP contribution in [0.5, 0.6) is 5.75 Å². The van der Waals surface area contributed by atoms with Gasteiger partial charge in [0.15, 0.2) is 0 Å². The van der Waals surface area contributed by atoms with E-state index in [4.69, 9.17) is 4.74 Å². The molecule has 2 N–H and O–H groups in total. The van der Waals surface area contributed by atoms with E-state index in [1.165, 1.54) is 0 Å². The minimum Gasteiger partial charge on any atom is -0.491 e. The van der Waals surface area contributed by atoms with Gasteiger partial charge in [-0.3, -0.25) is 4.90 Å². The molecule has 0 saturated carbocycles. The molecule has 0 bridgehead atoms. The molecule has 5 nitrogen and oxygen atoms in total. The number of nitrogens with zero attached hydrogens (tertiary/aromatic N) is 2. The molecule has 0 aliphatic carbocycles. The first-order valence-electron chi connectivity index (χ1n) is 8.66. The molecular weight excluding hydrogens is 338 g/mol. The largest absolute Gasteiger partial charge is 0.491 e. The average Bonchev–Trinajstić information content (AvgIpc) is 3.10. The lowest BCUT2D eigenvalue weighted by Crippen LogP contribution is -2.39. The lowest BCUT2D eigenvalue weighted by molar-refractivity contribution is 0.00328. The number of likely N-dealkylation sites (tertiary alicyclic amines) is 1. The third kappa shape index (κ3) is 4.97. The molecule has 1 aromatic carbocycles. The second-order valence-electron chi connectivity index (χ2n) is 6.90. The summed E-state index contributed by atoms with van der Waals surface area (Å²) in [7, 11) is 0. The molecule has 0 amide bonds. The van der Waals surface area contributed by atoms with Crippen LogP contribution in [-0.2, 0) is 13.0 Å². The van der Waals surface area contributed by atoms with E-state index < -0.39 is 5.60 Å². The molecule has 1 unspecified atom stereocenters. The number of aliphatic hydroxyl groups is 1. The number of aromatic amines is 1. The number of hydrogen-bond donors (Lipinski definition) is 2. The Bertz CT molecular complexity index is 704. The maximum Gasteiger partial charge on any atom is 0.119 e. The van der Waals surface area contributed by atoms with Crippen molar-refractivity contribution in [2.45, 2.75) is 45.8 Å². The van der Waals surface area contributed by atoms with Gasteiger partial charge < -0.3 is 14.8 Å². The number of H-pyrrole nitrogens is 1. The lowest BCUT2D eigenvalue weighted by atomic mass is 10.1. The molecule has 0 radical (unpaired) electrons. The van der Waals surface area contributed by atoms with Gasteiger partial charge in [0.1, 0.15) is 23.8 Å². The molecule has 0 spiro atoms. The van der Waals surface area contributed by atoms with Gasteiger partial charge in [0, 0.05) is 31.7 Å². The van der Waals surface area contributed by atoms with Crippen molar-refractivity contribution in [1.82, 2.24) is 14.9 Å². The highest BCUT2D eigenvalue weighted by atomic mass is 35.5. The standard InChI is InChI=1S/C19H27N3O2.ClH/c1-4-18-20-15(3)17(21-18)11-22-9-8-19(23,12-22)13-24-16-7-5-6-14(2)10-16;/h5-7,10,23H,4,8-9,11-13H2,1-3H3,(H,20,21);1H. The summed E-state index contributed by atoms with van der Waals surface area (Å²) in [5, 5.41) is 10.8. The SMILES string of the molecule is CCc1nc(CN2CCC(O)(COc3cccc(C)c3)C2)c(C)[nH]1.Cl. The molecule has 1 fully saturated rings. The van der Waals surface area contributed by atoms with Gasteiger partial charge in [-0.1, -0.05) is 19.1 Å². The Hall–Kier alpha value is -1.56. The molecule has 2 heterocycles. The molecular formula is C19H28ClN3O2. The molecule has 3 rings (SSSR count). The molecule has 1 aliphatic rings. The van der Waals surface area contributed by atoms with Crippen LogP contribution in [0, 0.1) is 13.8 Å². The fourth-order valence-corrected chi connectivity index (χ4v) is 3.21. The van der Waals surface area contributed by atoms with Crippen molar-refractivity contribution in [3.63, 3.8) is 0 Å². The van der Waals surface area contributed by atoms with E-state index in [-0.39, 0.29) is 12.4 Å². The van der Waals surface area contributed by atoms with Crippen molar-refractivity contribution in [2.75, 3.05) is 19.7 Å². The Morgan fingerprint density at radius 3 is 2.84 bits per heavy atom. The van der Waals surface area contributed by atoms with Crippen molar-refractivity contribution in [3.8, 4) is 5.75 Å². The number of nitrogens with one attached hydrogen (secondary N) is 1. The molecule has 1 aliphatic heterocycles. The Balaban J connectivity index is 0.00000225. The summed E-state index contributed by atoms with van der Waals surface area (Å²) in [5.41, 5.74) is 2.57. The van der Waals surface area contributed by atoms with Crippen molar-refractivity contribution in [1.29, 1.82) is 0 Å². The van der Waals surface area contributed by atoms with Gasteiger partial charge in [-0.2, -0.15) is 0 Å². The van der Waals surface area contributed by atoms with E-state index in [9.17, 15) is 5.11 Å². The summed E-state index contributed by atoms with van der Waals surface area (Å²) in [6.45, 7) is 8.77. The number of β-amino-alcohol motifs (C(OH)–C–C–N with tert-alkyl or cyclic N) is 1. The molecule has 1 saturated heterocycles. The molecule has 2 aromatic rings. The minimum absolute atomic E-state index is 0. The number of benzene rings is 1. The first-order chi connectivity index (χ1) is 11.5. The molecule has 1 atom stereocenters. The first kappa shape index (κ1) is 19.8. The molecule has 6 heteroatoms. The third-order valence-electron chi connectivity index (χ3n) is 4.65. The maximum absolute atomic E-state index is 10.8. The van der Waals surface area contributed by atoms with Crippen molar-refractivity contribution in [2.24, 2.45) is 0 Å². The minimum atomic E-state index is -0.790. The van der Waals surface area contributed by atoms with Crippen molar-refractivity contribution in [3.05, 3.63) is 47.0 Å². The van der Waals surface area contributed by atoms with Crippen LogP contribution in [0.1, 0.15) is 36.1 Å². The Morgan fingerprint density at radius 1 is 1.36 bits per heavy atom. The maximum atomic E-state index is 10.8. The van der Waals surface area contributed by atoms with Crippen molar-refractivity contribution < 1.29 is 9.84 Å². The van der Waals surface area contributed by atoms with Crippen LogP contribution >= 0.6 is 12.4 Å². The van der Waals surface area contributed by atoms with Gasteiger partial charge >= 0.3 is 0 Å². The van der Waals surface area contributed by atoms with E-state index in [0.717, 1.165) is 54.5 Å². The van der Waals surface area contributed by atoms with Crippen LogP contribution in [0.3, 0.4) is 0 Å². The predicted molar refractivity (Wildman–Crippen MR) is 101 cm³/mol. The zero-order chi connectivity index (χ0) is 17.2. The second kappa shape index (κ2) is 8.21. The first-order valence-corrected chi connectivity index (χ1v) is 8.66. The summed E-state index contributed by atoms with van der Waals surface area (Å²) >= 11 is 0. The van der Waals surface area contributed by atoms with Crippen LogP contribution in [-0.4, -0.2) is 45.3 Å². The van der Waals surface area contributed by atoms with Crippen LogP contribution < -0.4 is 4.74 Å². The normalized spacial score (nSPS) is 20.5. The van der Waals surface area contributed by atoms with Crippen molar-refractivity contribution >= 4 is 12.4 Å².